The van der Waals surface area contributed by atoms with E-state index in [1.54, 1.807) is 12.1 Å². The quantitative estimate of drug-likeness (QED) is 0.701. The Balaban J connectivity index is 2.31. The van der Waals surface area contributed by atoms with Gasteiger partial charge in [-0.05, 0) is 70.0 Å². The maximum absolute atomic E-state index is 11.6. The van der Waals surface area contributed by atoms with E-state index in [0.29, 0.717) is 11.1 Å². The Morgan fingerprint density at radius 3 is 2.15 bits per heavy atom. The van der Waals surface area contributed by atoms with E-state index in [1.807, 2.05) is 12.1 Å². The van der Waals surface area contributed by atoms with Crippen molar-refractivity contribution in [2.24, 2.45) is 0 Å². The highest BCUT2D eigenvalue weighted by atomic mass is 16.4. The first kappa shape index (κ1) is 18.4. The van der Waals surface area contributed by atoms with Gasteiger partial charge in [-0.15, -0.1) is 0 Å². The third kappa shape index (κ3) is 2.88. The van der Waals surface area contributed by atoms with Crippen molar-refractivity contribution >= 4 is 12.0 Å². The standard InChI is InChI=1S/C24H28O2/c1-7-16-17(9-8-10-18(16)22(25)26)19-14-21-20(13-15(19)2)23(3,4)11-12-24(21,5)6/h7-10,13-14H,1,11-12H2,2-6H3,(H,25,26). The third-order valence-corrected chi connectivity index (χ3v) is 6.03. The molecule has 0 radical (unpaired) electrons. The van der Waals surface area contributed by atoms with Crippen molar-refractivity contribution in [3.05, 3.63) is 64.7 Å². The van der Waals surface area contributed by atoms with Gasteiger partial charge in [0.05, 0.1) is 5.56 Å². The second-order valence-corrected chi connectivity index (χ2v) is 8.76. The van der Waals surface area contributed by atoms with Crippen LogP contribution in [0.25, 0.3) is 17.2 Å². The van der Waals surface area contributed by atoms with E-state index in [9.17, 15) is 9.90 Å². The van der Waals surface area contributed by atoms with E-state index in [2.05, 4.69) is 53.3 Å². The highest BCUT2D eigenvalue weighted by Gasteiger charge is 2.37. The van der Waals surface area contributed by atoms with Crippen molar-refractivity contribution in [1.29, 1.82) is 0 Å². The number of fused-ring (bicyclic) bond motifs is 1. The highest BCUT2D eigenvalue weighted by molar-refractivity contribution is 5.96. The molecule has 0 aromatic heterocycles. The van der Waals surface area contributed by atoms with Gasteiger partial charge in [0.15, 0.2) is 0 Å². The first-order chi connectivity index (χ1) is 12.1. The summed E-state index contributed by atoms with van der Waals surface area (Å²) in [6.07, 6.45) is 3.99. The number of hydrogen-bond acceptors (Lipinski definition) is 1. The average molecular weight is 348 g/mol. The number of hydrogen-bond donors (Lipinski definition) is 1. The molecule has 2 nitrogen and oxygen atoms in total. The summed E-state index contributed by atoms with van der Waals surface area (Å²) in [6.45, 7) is 15.2. The molecule has 26 heavy (non-hydrogen) atoms. The molecule has 0 fully saturated rings. The second-order valence-electron chi connectivity index (χ2n) is 8.76. The molecule has 0 spiro atoms. The van der Waals surface area contributed by atoms with Gasteiger partial charge < -0.3 is 5.11 Å². The highest BCUT2D eigenvalue weighted by Crippen LogP contribution is 2.48. The van der Waals surface area contributed by atoms with Gasteiger partial charge >= 0.3 is 5.97 Å². The van der Waals surface area contributed by atoms with Crippen LogP contribution in [0.5, 0.6) is 0 Å². The molecular formula is C24H28O2. The van der Waals surface area contributed by atoms with Crippen molar-refractivity contribution in [1.82, 2.24) is 0 Å². The summed E-state index contributed by atoms with van der Waals surface area (Å²) < 4.78 is 0. The van der Waals surface area contributed by atoms with Crippen LogP contribution in [0.15, 0.2) is 36.9 Å². The summed E-state index contributed by atoms with van der Waals surface area (Å²) in [5.74, 6) is -0.918. The fourth-order valence-electron chi connectivity index (χ4n) is 4.22. The molecule has 1 aliphatic rings. The number of carbonyl (C=O) groups is 1. The Hall–Kier alpha value is -2.35. The molecular weight excluding hydrogens is 320 g/mol. The summed E-state index contributed by atoms with van der Waals surface area (Å²) in [4.78, 5) is 11.6. The van der Waals surface area contributed by atoms with E-state index in [-0.39, 0.29) is 10.8 Å². The summed E-state index contributed by atoms with van der Waals surface area (Å²) in [5.41, 5.74) is 7.30. The van der Waals surface area contributed by atoms with Crippen molar-refractivity contribution in [2.45, 2.75) is 58.3 Å². The zero-order valence-corrected chi connectivity index (χ0v) is 16.4. The number of carboxylic acid groups (broad SMARTS) is 1. The topological polar surface area (TPSA) is 37.3 Å². The van der Waals surface area contributed by atoms with Crippen LogP contribution < -0.4 is 0 Å². The molecule has 0 heterocycles. The first-order valence-electron chi connectivity index (χ1n) is 9.23. The normalized spacial score (nSPS) is 17.4. The van der Waals surface area contributed by atoms with Gasteiger partial charge in [0.1, 0.15) is 0 Å². The van der Waals surface area contributed by atoms with Gasteiger partial charge in [-0.25, -0.2) is 4.79 Å². The van der Waals surface area contributed by atoms with Crippen LogP contribution in [0.3, 0.4) is 0 Å². The van der Waals surface area contributed by atoms with Gasteiger partial charge in [0, 0.05) is 0 Å². The largest absolute Gasteiger partial charge is 0.478 e. The predicted octanol–water partition coefficient (Wildman–Crippen LogP) is 6.35. The fraction of sp³-hybridized carbons (Fsp3) is 0.375. The number of rotatable bonds is 3. The number of benzene rings is 2. The molecule has 0 atom stereocenters. The SMILES string of the molecule is C=Cc1c(C(=O)O)cccc1-c1cc2c(cc1C)C(C)(C)CCC2(C)C. The minimum atomic E-state index is -0.918. The van der Waals surface area contributed by atoms with E-state index < -0.39 is 5.97 Å². The summed E-state index contributed by atoms with van der Waals surface area (Å²) >= 11 is 0. The summed E-state index contributed by atoms with van der Waals surface area (Å²) in [6, 6.07) is 10.1. The predicted molar refractivity (Wildman–Crippen MR) is 109 cm³/mol. The van der Waals surface area contributed by atoms with Crippen molar-refractivity contribution < 1.29 is 9.90 Å². The van der Waals surface area contributed by atoms with Crippen molar-refractivity contribution in [3.63, 3.8) is 0 Å². The lowest BCUT2D eigenvalue weighted by Gasteiger charge is -2.42. The number of carboxylic acids is 1. The molecule has 2 heteroatoms. The molecule has 2 aromatic rings. The van der Waals surface area contributed by atoms with E-state index >= 15 is 0 Å². The monoisotopic (exact) mass is 348 g/mol. The molecule has 3 rings (SSSR count). The lowest BCUT2D eigenvalue weighted by Crippen LogP contribution is -2.34. The van der Waals surface area contributed by atoms with E-state index in [4.69, 9.17) is 0 Å². The van der Waals surface area contributed by atoms with Gasteiger partial charge in [0.2, 0.25) is 0 Å². The van der Waals surface area contributed by atoms with E-state index in [1.165, 1.54) is 23.1 Å². The summed E-state index contributed by atoms with van der Waals surface area (Å²) in [7, 11) is 0. The zero-order chi connectivity index (χ0) is 19.3. The molecule has 0 aliphatic heterocycles. The molecule has 0 unspecified atom stereocenters. The molecule has 2 aromatic carbocycles. The second kappa shape index (κ2) is 6.12. The van der Waals surface area contributed by atoms with Crippen LogP contribution in [0.4, 0.5) is 0 Å². The van der Waals surface area contributed by atoms with Gasteiger partial charge in [-0.3, -0.25) is 0 Å². The van der Waals surface area contributed by atoms with Gasteiger partial charge in [-0.2, -0.15) is 0 Å². The maximum atomic E-state index is 11.6. The first-order valence-corrected chi connectivity index (χ1v) is 9.23. The lowest BCUT2D eigenvalue weighted by atomic mass is 9.62. The molecule has 0 amide bonds. The van der Waals surface area contributed by atoms with Crippen LogP contribution in [-0.2, 0) is 10.8 Å². The number of aromatic carboxylic acids is 1. The van der Waals surface area contributed by atoms with E-state index in [0.717, 1.165) is 17.5 Å². The Morgan fingerprint density at radius 2 is 1.62 bits per heavy atom. The van der Waals surface area contributed by atoms with Crippen LogP contribution in [0.1, 0.15) is 73.1 Å². The molecule has 136 valence electrons. The number of aryl methyl sites for hydroxylation is 1. The zero-order valence-electron chi connectivity index (χ0n) is 16.4. The smallest absolute Gasteiger partial charge is 0.336 e. The fourth-order valence-corrected chi connectivity index (χ4v) is 4.22. The summed E-state index contributed by atoms with van der Waals surface area (Å²) in [5, 5.41) is 9.53. The van der Waals surface area contributed by atoms with Crippen molar-refractivity contribution in [3.8, 4) is 11.1 Å². The van der Waals surface area contributed by atoms with Crippen molar-refractivity contribution in [2.75, 3.05) is 0 Å². The molecule has 0 saturated heterocycles. The lowest BCUT2D eigenvalue weighted by molar-refractivity contribution is 0.0696. The van der Waals surface area contributed by atoms with Gasteiger partial charge in [-0.1, -0.05) is 64.6 Å². The van der Waals surface area contributed by atoms with Crippen LogP contribution >= 0.6 is 0 Å². The van der Waals surface area contributed by atoms with Crippen LogP contribution in [0, 0.1) is 6.92 Å². The Morgan fingerprint density at radius 1 is 1.04 bits per heavy atom. The van der Waals surface area contributed by atoms with Crippen LogP contribution in [-0.4, -0.2) is 11.1 Å². The molecule has 1 N–H and O–H groups in total. The Bertz CT molecular complexity index is 901. The van der Waals surface area contributed by atoms with Gasteiger partial charge in [0.25, 0.3) is 0 Å². The van der Waals surface area contributed by atoms with Crippen LogP contribution in [0.2, 0.25) is 0 Å². The Labute approximate surface area is 156 Å². The Kier molecular flexibility index (Phi) is 4.34. The maximum Gasteiger partial charge on any atom is 0.336 e. The minimum absolute atomic E-state index is 0.117. The average Bonchev–Trinajstić information content (AvgIpc) is 2.58. The minimum Gasteiger partial charge on any atom is -0.478 e. The molecule has 1 aliphatic carbocycles. The molecule has 0 saturated carbocycles. The third-order valence-electron chi connectivity index (χ3n) is 6.03. The molecule has 0 bridgehead atoms.